The van der Waals surface area contributed by atoms with Crippen LogP contribution in [0.1, 0.15) is 45.1 Å². The fourth-order valence-electron chi connectivity index (χ4n) is 1.92. The third-order valence-electron chi connectivity index (χ3n) is 3.10. The van der Waals surface area contributed by atoms with Crippen LogP contribution < -0.4 is 10.0 Å². The summed E-state index contributed by atoms with van der Waals surface area (Å²) in [7, 11) is -3.33. The molecule has 2 N–H and O–H groups in total. The zero-order valence-corrected chi connectivity index (χ0v) is 13.7. The van der Waals surface area contributed by atoms with E-state index in [1.54, 1.807) is 25.1 Å². The maximum absolute atomic E-state index is 11.8. The number of anilines is 2. The van der Waals surface area contributed by atoms with Crippen LogP contribution in [0, 0.1) is 6.92 Å². The predicted octanol–water partition coefficient (Wildman–Crippen LogP) is 3.28. The van der Waals surface area contributed by atoms with Crippen LogP contribution in [0.5, 0.6) is 0 Å². The first-order valence-corrected chi connectivity index (χ1v) is 8.94. The first kappa shape index (κ1) is 17.5. The van der Waals surface area contributed by atoms with Crippen LogP contribution in [0.4, 0.5) is 11.4 Å². The molecule has 0 saturated carbocycles. The lowest BCUT2D eigenvalue weighted by Gasteiger charge is -2.14. The lowest BCUT2D eigenvalue weighted by molar-refractivity contribution is -0.116. The summed E-state index contributed by atoms with van der Waals surface area (Å²) in [5.41, 5.74) is 1.88. The average Bonchev–Trinajstić information content (AvgIpc) is 2.40. The molecule has 1 amide bonds. The highest BCUT2D eigenvalue weighted by molar-refractivity contribution is 7.92. The van der Waals surface area contributed by atoms with Crippen LogP contribution in [-0.2, 0) is 14.8 Å². The SMILES string of the molecule is CCCCC(=O)Nc1cccc(NS(=O)(=O)CCC)c1C. The maximum atomic E-state index is 11.8. The standard InChI is InChI=1S/C15H24N2O3S/c1-4-6-10-15(18)16-13-8-7-9-14(12(13)3)17-21(19,20)11-5-2/h7-9,17H,4-6,10-11H2,1-3H3,(H,16,18). The average molecular weight is 312 g/mol. The maximum Gasteiger partial charge on any atom is 0.232 e. The van der Waals surface area contributed by atoms with Crippen molar-refractivity contribution in [2.75, 3.05) is 15.8 Å². The molecule has 0 radical (unpaired) electrons. The highest BCUT2D eigenvalue weighted by Crippen LogP contribution is 2.24. The number of amides is 1. The van der Waals surface area contributed by atoms with Gasteiger partial charge < -0.3 is 5.32 Å². The molecule has 0 saturated heterocycles. The second kappa shape index (κ2) is 8.02. The van der Waals surface area contributed by atoms with Crippen molar-refractivity contribution in [1.29, 1.82) is 0 Å². The molecule has 0 aliphatic heterocycles. The van der Waals surface area contributed by atoms with Crippen molar-refractivity contribution in [3.8, 4) is 0 Å². The van der Waals surface area contributed by atoms with E-state index in [0.717, 1.165) is 18.4 Å². The molecule has 0 aliphatic rings. The Morgan fingerprint density at radius 2 is 1.81 bits per heavy atom. The number of carbonyl (C=O) groups excluding carboxylic acids is 1. The van der Waals surface area contributed by atoms with E-state index in [1.165, 1.54) is 0 Å². The first-order chi connectivity index (χ1) is 9.89. The summed E-state index contributed by atoms with van der Waals surface area (Å²) in [6.07, 6.45) is 2.83. The number of hydrogen-bond donors (Lipinski definition) is 2. The topological polar surface area (TPSA) is 75.3 Å². The molecule has 1 aromatic carbocycles. The molecule has 1 rings (SSSR count). The van der Waals surface area contributed by atoms with Gasteiger partial charge in [0.2, 0.25) is 15.9 Å². The van der Waals surface area contributed by atoms with Gasteiger partial charge in [-0.05, 0) is 37.5 Å². The van der Waals surface area contributed by atoms with E-state index in [4.69, 9.17) is 0 Å². The lowest BCUT2D eigenvalue weighted by Crippen LogP contribution is -2.18. The molecule has 1 aromatic rings. The Hall–Kier alpha value is -1.56. The van der Waals surface area contributed by atoms with Crippen LogP contribution in [0.3, 0.4) is 0 Å². The van der Waals surface area contributed by atoms with Crippen molar-refractivity contribution in [2.24, 2.45) is 0 Å². The fourth-order valence-corrected chi connectivity index (χ4v) is 3.11. The first-order valence-electron chi connectivity index (χ1n) is 7.29. The molecule has 21 heavy (non-hydrogen) atoms. The van der Waals surface area contributed by atoms with Gasteiger partial charge in [0.05, 0.1) is 11.4 Å². The van der Waals surface area contributed by atoms with Crippen molar-refractivity contribution in [1.82, 2.24) is 0 Å². The van der Waals surface area contributed by atoms with Crippen molar-refractivity contribution >= 4 is 27.3 Å². The summed E-state index contributed by atoms with van der Waals surface area (Å²) in [5, 5.41) is 2.83. The van der Waals surface area contributed by atoms with E-state index in [0.29, 0.717) is 24.2 Å². The van der Waals surface area contributed by atoms with Crippen LogP contribution in [-0.4, -0.2) is 20.1 Å². The van der Waals surface area contributed by atoms with Crippen molar-refractivity contribution < 1.29 is 13.2 Å². The predicted molar refractivity (Wildman–Crippen MR) is 87.0 cm³/mol. The third kappa shape index (κ3) is 5.75. The number of sulfonamides is 1. The number of benzene rings is 1. The minimum atomic E-state index is -3.33. The zero-order valence-electron chi connectivity index (χ0n) is 12.9. The van der Waals surface area contributed by atoms with Gasteiger partial charge in [0.1, 0.15) is 0 Å². The van der Waals surface area contributed by atoms with Gasteiger partial charge in [-0.3, -0.25) is 9.52 Å². The van der Waals surface area contributed by atoms with Crippen LogP contribution in [0.15, 0.2) is 18.2 Å². The molecule has 0 atom stereocenters. The van der Waals surface area contributed by atoms with Gasteiger partial charge in [-0.1, -0.05) is 26.3 Å². The highest BCUT2D eigenvalue weighted by atomic mass is 32.2. The van der Waals surface area contributed by atoms with Crippen LogP contribution >= 0.6 is 0 Å². The fraction of sp³-hybridized carbons (Fsp3) is 0.533. The molecule has 0 heterocycles. The smallest absolute Gasteiger partial charge is 0.232 e. The highest BCUT2D eigenvalue weighted by Gasteiger charge is 2.13. The van der Waals surface area contributed by atoms with Gasteiger partial charge in [-0.25, -0.2) is 8.42 Å². The summed E-state index contributed by atoms with van der Waals surface area (Å²) in [6, 6.07) is 5.20. The molecule has 0 spiro atoms. The molecule has 0 aliphatic carbocycles. The Morgan fingerprint density at radius 3 is 2.43 bits per heavy atom. The molecule has 118 valence electrons. The number of carbonyl (C=O) groups is 1. The van der Waals surface area contributed by atoms with Gasteiger partial charge in [-0.15, -0.1) is 0 Å². The Labute approximate surface area is 127 Å². The molecule has 0 fully saturated rings. The monoisotopic (exact) mass is 312 g/mol. The quantitative estimate of drug-likeness (QED) is 0.773. The second-order valence-electron chi connectivity index (χ2n) is 5.05. The number of unbranched alkanes of at least 4 members (excludes halogenated alkanes) is 1. The third-order valence-corrected chi connectivity index (χ3v) is 4.58. The molecule has 0 bridgehead atoms. The summed E-state index contributed by atoms with van der Waals surface area (Å²) in [4.78, 5) is 11.8. The van der Waals surface area contributed by atoms with Crippen LogP contribution in [0.2, 0.25) is 0 Å². The zero-order chi connectivity index (χ0) is 15.9. The van der Waals surface area contributed by atoms with Gasteiger partial charge in [-0.2, -0.15) is 0 Å². The Kier molecular flexibility index (Phi) is 6.68. The van der Waals surface area contributed by atoms with Gasteiger partial charge in [0.15, 0.2) is 0 Å². The number of rotatable bonds is 8. The summed E-state index contributed by atoms with van der Waals surface area (Å²) in [6.45, 7) is 5.64. The Morgan fingerprint density at radius 1 is 1.14 bits per heavy atom. The van der Waals surface area contributed by atoms with E-state index >= 15 is 0 Å². The second-order valence-corrected chi connectivity index (χ2v) is 6.89. The van der Waals surface area contributed by atoms with E-state index < -0.39 is 10.0 Å². The Bertz CT molecular complexity index is 583. The minimum Gasteiger partial charge on any atom is -0.326 e. The van der Waals surface area contributed by atoms with Gasteiger partial charge in [0.25, 0.3) is 0 Å². The summed E-state index contributed by atoms with van der Waals surface area (Å²) >= 11 is 0. The molecule has 0 unspecified atom stereocenters. The molecule has 6 heteroatoms. The van der Waals surface area contributed by atoms with Crippen molar-refractivity contribution in [3.63, 3.8) is 0 Å². The Balaban J connectivity index is 2.86. The van der Waals surface area contributed by atoms with Crippen molar-refractivity contribution in [3.05, 3.63) is 23.8 Å². The van der Waals surface area contributed by atoms with E-state index in [9.17, 15) is 13.2 Å². The summed E-state index contributed by atoms with van der Waals surface area (Å²) in [5.74, 6) is 0.0352. The van der Waals surface area contributed by atoms with E-state index in [-0.39, 0.29) is 11.7 Å². The van der Waals surface area contributed by atoms with Gasteiger partial charge in [0, 0.05) is 12.1 Å². The van der Waals surface area contributed by atoms with Gasteiger partial charge >= 0.3 is 0 Å². The number of hydrogen-bond acceptors (Lipinski definition) is 3. The normalized spacial score (nSPS) is 11.2. The largest absolute Gasteiger partial charge is 0.326 e. The molecular weight excluding hydrogens is 288 g/mol. The minimum absolute atomic E-state index is 0.0477. The van der Waals surface area contributed by atoms with Crippen molar-refractivity contribution in [2.45, 2.75) is 46.5 Å². The number of nitrogens with one attached hydrogen (secondary N) is 2. The molecule has 0 aromatic heterocycles. The molecular formula is C15H24N2O3S. The summed E-state index contributed by atoms with van der Waals surface area (Å²) < 4.78 is 26.2. The molecule has 5 nitrogen and oxygen atoms in total. The lowest BCUT2D eigenvalue weighted by atomic mass is 10.1. The van der Waals surface area contributed by atoms with E-state index in [2.05, 4.69) is 10.0 Å². The van der Waals surface area contributed by atoms with E-state index in [1.807, 2.05) is 13.8 Å². The van der Waals surface area contributed by atoms with Crippen LogP contribution in [0.25, 0.3) is 0 Å².